The summed E-state index contributed by atoms with van der Waals surface area (Å²) in [7, 11) is 3.16. The van der Waals surface area contributed by atoms with Gasteiger partial charge in [-0.3, -0.25) is 13.9 Å². The van der Waals surface area contributed by atoms with Crippen molar-refractivity contribution in [1.29, 1.82) is 0 Å². The molecule has 20 heavy (non-hydrogen) atoms. The normalized spacial score (nSPS) is 12.6. The van der Waals surface area contributed by atoms with Crippen molar-refractivity contribution >= 4 is 11.3 Å². The molecule has 0 aliphatic carbocycles. The van der Waals surface area contributed by atoms with Gasteiger partial charge in [-0.25, -0.2) is 4.79 Å². The molecule has 2 aromatic rings. The predicted octanol–water partition coefficient (Wildman–Crippen LogP) is 1.30. The summed E-state index contributed by atoms with van der Waals surface area (Å²) in [6.45, 7) is 4.63. The molecule has 0 spiro atoms. The Morgan fingerprint density at radius 3 is 2.55 bits per heavy atom. The highest BCUT2D eigenvalue weighted by Crippen LogP contribution is 2.22. The van der Waals surface area contributed by atoms with Gasteiger partial charge in [-0.05, 0) is 26.0 Å². The summed E-state index contributed by atoms with van der Waals surface area (Å²) in [5, 5.41) is 3.35. The fourth-order valence-corrected chi connectivity index (χ4v) is 2.90. The predicted molar refractivity (Wildman–Crippen MR) is 81.2 cm³/mol. The third kappa shape index (κ3) is 2.91. The van der Waals surface area contributed by atoms with Gasteiger partial charge in [0.2, 0.25) is 0 Å². The molecule has 0 bridgehead atoms. The average Bonchev–Trinajstić information content (AvgIpc) is 2.85. The van der Waals surface area contributed by atoms with Gasteiger partial charge in [0.25, 0.3) is 5.56 Å². The third-order valence-electron chi connectivity index (χ3n) is 3.40. The number of thiophene rings is 1. The van der Waals surface area contributed by atoms with Crippen LogP contribution in [0.15, 0.2) is 27.8 Å². The van der Waals surface area contributed by atoms with E-state index in [4.69, 9.17) is 0 Å². The van der Waals surface area contributed by atoms with Gasteiger partial charge in [-0.1, -0.05) is 0 Å². The first-order valence-electron chi connectivity index (χ1n) is 6.46. The molecule has 0 aliphatic heterocycles. The molecule has 2 aromatic heterocycles. The molecule has 0 aromatic carbocycles. The summed E-state index contributed by atoms with van der Waals surface area (Å²) in [6.07, 6.45) is 0. The smallest absolute Gasteiger partial charge is 0.304 e. The van der Waals surface area contributed by atoms with E-state index in [1.54, 1.807) is 18.4 Å². The maximum atomic E-state index is 11.8. The second-order valence-corrected chi connectivity index (χ2v) is 6.25. The van der Waals surface area contributed by atoms with E-state index >= 15 is 0 Å². The van der Waals surface area contributed by atoms with Crippen molar-refractivity contribution in [2.24, 2.45) is 14.1 Å². The molecule has 0 radical (unpaired) electrons. The lowest BCUT2D eigenvalue weighted by molar-refractivity contribution is 0.545. The van der Waals surface area contributed by atoms with Gasteiger partial charge in [0.1, 0.15) is 0 Å². The fraction of sp³-hybridized carbons (Fsp3) is 0.429. The highest BCUT2D eigenvalue weighted by Gasteiger charge is 2.10. The van der Waals surface area contributed by atoms with Crippen LogP contribution in [0.1, 0.15) is 28.4 Å². The van der Waals surface area contributed by atoms with E-state index < -0.39 is 0 Å². The van der Waals surface area contributed by atoms with E-state index in [0.29, 0.717) is 12.2 Å². The molecule has 0 fully saturated rings. The minimum atomic E-state index is -0.297. The van der Waals surface area contributed by atoms with Crippen LogP contribution in [-0.2, 0) is 20.6 Å². The summed E-state index contributed by atoms with van der Waals surface area (Å²) in [6, 6.07) is 5.88. The average molecular weight is 293 g/mol. The summed E-state index contributed by atoms with van der Waals surface area (Å²) < 4.78 is 2.61. The van der Waals surface area contributed by atoms with Crippen LogP contribution in [-0.4, -0.2) is 9.13 Å². The second kappa shape index (κ2) is 5.76. The number of hydrogen-bond acceptors (Lipinski definition) is 4. The molecular formula is C14H19N3O2S. The number of nitrogens with one attached hydrogen (secondary N) is 1. The Bertz CT molecular complexity index is 727. The van der Waals surface area contributed by atoms with E-state index in [0.717, 1.165) is 4.57 Å². The van der Waals surface area contributed by atoms with Gasteiger partial charge in [0, 0.05) is 48.2 Å². The summed E-state index contributed by atoms with van der Waals surface area (Å²) in [5.74, 6) is 0. The van der Waals surface area contributed by atoms with Crippen LogP contribution in [0, 0.1) is 6.92 Å². The molecular weight excluding hydrogens is 274 g/mol. The molecule has 0 saturated carbocycles. The molecule has 1 unspecified atom stereocenters. The summed E-state index contributed by atoms with van der Waals surface area (Å²) >= 11 is 1.75. The Kier molecular flexibility index (Phi) is 4.25. The van der Waals surface area contributed by atoms with Crippen LogP contribution < -0.4 is 16.6 Å². The number of aryl methyl sites for hydroxylation is 1. The minimum Gasteiger partial charge on any atom is -0.304 e. The molecule has 0 aliphatic rings. The Morgan fingerprint density at radius 2 is 1.95 bits per heavy atom. The molecule has 2 rings (SSSR count). The lowest BCUT2D eigenvalue weighted by atomic mass is 10.2. The first-order chi connectivity index (χ1) is 9.40. The molecule has 1 N–H and O–H groups in total. The maximum absolute atomic E-state index is 11.8. The Hall–Kier alpha value is -1.66. The van der Waals surface area contributed by atoms with Crippen molar-refractivity contribution in [2.75, 3.05) is 0 Å². The minimum absolute atomic E-state index is 0.188. The van der Waals surface area contributed by atoms with Crippen molar-refractivity contribution in [2.45, 2.75) is 26.4 Å². The highest BCUT2D eigenvalue weighted by atomic mass is 32.1. The molecule has 5 nitrogen and oxygen atoms in total. The topological polar surface area (TPSA) is 56.0 Å². The van der Waals surface area contributed by atoms with Gasteiger partial charge in [-0.2, -0.15) is 0 Å². The van der Waals surface area contributed by atoms with E-state index in [2.05, 4.69) is 31.3 Å². The fourth-order valence-electron chi connectivity index (χ4n) is 1.99. The molecule has 2 heterocycles. The zero-order valence-electron chi connectivity index (χ0n) is 12.1. The third-order valence-corrected chi connectivity index (χ3v) is 4.59. The zero-order valence-corrected chi connectivity index (χ0v) is 13.0. The quantitative estimate of drug-likeness (QED) is 0.924. The van der Waals surface area contributed by atoms with E-state index in [-0.39, 0.29) is 17.3 Å². The number of nitrogens with zero attached hydrogens (tertiary/aromatic N) is 2. The van der Waals surface area contributed by atoms with Gasteiger partial charge in [-0.15, -0.1) is 11.3 Å². The molecule has 0 amide bonds. The maximum Gasteiger partial charge on any atom is 0.330 e. The van der Waals surface area contributed by atoms with Gasteiger partial charge >= 0.3 is 5.69 Å². The molecule has 1 atom stereocenters. The van der Waals surface area contributed by atoms with Gasteiger partial charge in [0.05, 0.1) is 0 Å². The summed E-state index contributed by atoms with van der Waals surface area (Å²) in [5.41, 5.74) is 0.122. The van der Waals surface area contributed by atoms with Crippen molar-refractivity contribution in [1.82, 2.24) is 14.5 Å². The van der Waals surface area contributed by atoms with E-state index in [1.165, 1.54) is 27.4 Å². The van der Waals surface area contributed by atoms with Crippen LogP contribution in [0.5, 0.6) is 0 Å². The van der Waals surface area contributed by atoms with Crippen molar-refractivity contribution in [3.8, 4) is 0 Å². The molecule has 108 valence electrons. The van der Waals surface area contributed by atoms with Gasteiger partial charge in [0.15, 0.2) is 0 Å². The van der Waals surface area contributed by atoms with Crippen LogP contribution in [0.2, 0.25) is 0 Å². The Morgan fingerprint density at radius 1 is 1.25 bits per heavy atom. The highest BCUT2D eigenvalue weighted by molar-refractivity contribution is 7.12. The molecule has 0 saturated heterocycles. The standard InChI is InChI=1S/C14H19N3O2S/c1-9-5-6-12(20-9)10(2)15-8-11-7-13(18)17(4)14(19)16(11)3/h5-7,10,15H,8H2,1-4H3. The van der Waals surface area contributed by atoms with Crippen LogP contribution >= 0.6 is 11.3 Å². The SMILES string of the molecule is Cc1ccc(C(C)NCc2cc(=O)n(C)c(=O)n2C)s1. The lowest BCUT2D eigenvalue weighted by Gasteiger charge is -2.14. The largest absolute Gasteiger partial charge is 0.330 e. The second-order valence-electron chi connectivity index (χ2n) is 4.93. The lowest BCUT2D eigenvalue weighted by Crippen LogP contribution is -2.39. The number of hydrogen-bond donors (Lipinski definition) is 1. The van der Waals surface area contributed by atoms with Crippen LogP contribution in [0.4, 0.5) is 0 Å². The monoisotopic (exact) mass is 293 g/mol. The first-order valence-corrected chi connectivity index (χ1v) is 7.27. The van der Waals surface area contributed by atoms with E-state index in [1.807, 2.05) is 0 Å². The van der Waals surface area contributed by atoms with Crippen molar-refractivity contribution in [3.05, 3.63) is 54.5 Å². The first kappa shape index (κ1) is 14.7. The Labute approximate surface area is 121 Å². The van der Waals surface area contributed by atoms with E-state index in [9.17, 15) is 9.59 Å². The van der Waals surface area contributed by atoms with Crippen LogP contribution in [0.25, 0.3) is 0 Å². The summed E-state index contributed by atoms with van der Waals surface area (Å²) in [4.78, 5) is 26.0. The molecule has 6 heteroatoms. The van der Waals surface area contributed by atoms with Crippen molar-refractivity contribution < 1.29 is 0 Å². The van der Waals surface area contributed by atoms with Crippen molar-refractivity contribution in [3.63, 3.8) is 0 Å². The Balaban J connectivity index is 2.16. The number of aromatic nitrogens is 2. The van der Waals surface area contributed by atoms with Gasteiger partial charge < -0.3 is 5.32 Å². The van der Waals surface area contributed by atoms with Crippen LogP contribution in [0.3, 0.4) is 0 Å². The number of rotatable bonds is 4. The zero-order chi connectivity index (χ0) is 14.9.